The van der Waals surface area contributed by atoms with Gasteiger partial charge >= 0.3 is 18.1 Å². The highest BCUT2D eigenvalue weighted by molar-refractivity contribution is 5.81. The van der Waals surface area contributed by atoms with E-state index in [1.54, 1.807) is 0 Å². The molecule has 20 heavy (non-hydrogen) atoms. The van der Waals surface area contributed by atoms with Crippen LogP contribution in [0.3, 0.4) is 0 Å². The Morgan fingerprint density at radius 1 is 0.900 bits per heavy atom. The van der Waals surface area contributed by atoms with Crippen LogP contribution in [0.25, 0.3) is 0 Å². The van der Waals surface area contributed by atoms with Crippen LogP contribution in [0.1, 0.15) is 38.5 Å². The number of carbonyl (C=O) groups is 2. The number of aliphatic carboxylic acids is 2. The lowest BCUT2D eigenvalue weighted by molar-refractivity contribution is -0.298. The summed E-state index contributed by atoms with van der Waals surface area (Å²) in [6.45, 7) is 0. The maximum absolute atomic E-state index is 13.5. The van der Waals surface area contributed by atoms with Gasteiger partial charge in [-0.15, -0.1) is 0 Å². The molecule has 7 heteroatoms. The number of carboxylic acids is 2. The molecule has 112 valence electrons. The lowest BCUT2D eigenvalue weighted by atomic mass is 9.39. The van der Waals surface area contributed by atoms with Gasteiger partial charge in [0.2, 0.25) is 0 Å². The van der Waals surface area contributed by atoms with Crippen LogP contribution >= 0.6 is 0 Å². The van der Waals surface area contributed by atoms with Crippen molar-refractivity contribution in [3.8, 4) is 0 Å². The SMILES string of the molecule is O=C(O)C12CC3CC(C(=O)O)(C1)CC(C(F)(F)F)(C3)C2. The van der Waals surface area contributed by atoms with Crippen molar-refractivity contribution in [1.82, 2.24) is 0 Å². The minimum atomic E-state index is -4.55. The van der Waals surface area contributed by atoms with Crippen LogP contribution in [0.4, 0.5) is 13.2 Å². The molecular formula is C13H15F3O4. The van der Waals surface area contributed by atoms with Gasteiger partial charge in [-0.3, -0.25) is 9.59 Å². The van der Waals surface area contributed by atoms with Crippen LogP contribution in [0, 0.1) is 22.2 Å². The number of alkyl halides is 3. The van der Waals surface area contributed by atoms with Crippen molar-refractivity contribution in [1.29, 1.82) is 0 Å². The summed E-state index contributed by atoms with van der Waals surface area (Å²) >= 11 is 0. The maximum Gasteiger partial charge on any atom is 0.394 e. The summed E-state index contributed by atoms with van der Waals surface area (Å²) in [6.07, 6.45) is -5.42. The average molecular weight is 292 g/mol. The molecule has 4 fully saturated rings. The van der Waals surface area contributed by atoms with Gasteiger partial charge in [-0.2, -0.15) is 13.2 Å². The number of hydrogen-bond acceptors (Lipinski definition) is 2. The fourth-order valence-corrected chi connectivity index (χ4v) is 5.23. The predicted molar refractivity (Wildman–Crippen MR) is 59.8 cm³/mol. The molecule has 2 N–H and O–H groups in total. The van der Waals surface area contributed by atoms with E-state index in [2.05, 4.69) is 0 Å². The Hall–Kier alpha value is -1.27. The van der Waals surface area contributed by atoms with E-state index in [4.69, 9.17) is 0 Å². The van der Waals surface area contributed by atoms with Gasteiger partial charge in [-0.05, 0) is 44.4 Å². The van der Waals surface area contributed by atoms with E-state index in [1.165, 1.54) is 0 Å². The minimum absolute atomic E-state index is 0.124. The largest absolute Gasteiger partial charge is 0.481 e. The van der Waals surface area contributed by atoms with Gasteiger partial charge in [-0.25, -0.2) is 0 Å². The Morgan fingerprint density at radius 3 is 1.70 bits per heavy atom. The zero-order chi connectivity index (χ0) is 15.0. The van der Waals surface area contributed by atoms with Crippen LogP contribution in [0.2, 0.25) is 0 Å². The lowest BCUT2D eigenvalue weighted by Gasteiger charge is -2.63. The first-order valence-corrected chi connectivity index (χ1v) is 6.58. The smallest absolute Gasteiger partial charge is 0.394 e. The fourth-order valence-electron chi connectivity index (χ4n) is 5.23. The van der Waals surface area contributed by atoms with E-state index in [0.717, 1.165) is 0 Å². The summed E-state index contributed by atoms with van der Waals surface area (Å²) in [5.41, 5.74) is -5.18. The van der Waals surface area contributed by atoms with E-state index < -0.39 is 53.1 Å². The Bertz CT molecular complexity index is 468. The van der Waals surface area contributed by atoms with Crippen LogP contribution in [0.5, 0.6) is 0 Å². The summed E-state index contributed by atoms with van der Waals surface area (Å²) in [5.74, 6) is -3.01. The van der Waals surface area contributed by atoms with Crippen molar-refractivity contribution in [3.05, 3.63) is 0 Å². The summed E-state index contributed by atoms with van der Waals surface area (Å²) in [5, 5.41) is 18.8. The minimum Gasteiger partial charge on any atom is -0.481 e. The van der Waals surface area contributed by atoms with Crippen molar-refractivity contribution in [2.24, 2.45) is 22.2 Å². The molecule has 2 unspecified atom stereocenters. The second kappa shape index (κ2) is 3.49. The van der Waals surface area contributed by atoms with E-state index >= 15 is 0 Å². The summed E-state index contributed by atoms with van der Waals surface area (Å²) in [6, 6.07) is 0. The van der Waals surface area contributed by atoms with Crippen LogP contribution in [-0.2, 0) is 9.59 Å². The Morgan fingerprint density at radius 2 is 1.35 bits per heavy atom. The zero-order valence-corrected chi connectivity index (χ0v) is 10.7. The van der Waals surface area contributed by atoms with Crippen LogP contribution in [-0.4, -0.2) is 28.3 Å². The molecule has 4 nitrogen and oxygen atoms in total. The molecule has 0 aromatic carbocycles. The highest BCUT2D eigenvalue weighted by Crippen LogP contribution is 2.73. The molecule has 0 heterocycles. The molecule has 4 aliphatic carbocycles. The normalized spacial score (nSPS) is 46.5. The standard InChI is InChI=1S/C13H15F3O4/c14-13(15,16)12-3-7-1-10(5-12,8(17)18)4-11(2-7,6-12)9(19)20/h7H,1-6H2,(H,17,18)(H,19,20). The maximum atomic E-state index is 13.5. The summed E-state index contributed by atoms with van der Waals surface area (Å²) in [7, 11) is 0. The van der Waals surface area contributed by atoms with Gasteiger partial charge < -0.3 is 10.2 Å². The van der Waals surface area contributed by atoms with Crippen molar-refractivity contribution in [2.45, 2.75) is 44.7 Å². The third-order valence-electron chi connectivity index (χ3n) is 5.58. The van der Waals surface area contributed by atoms with Gasteiger partial charge in [0.25, 0.3) is 0 Å². The third kappa shape index (κ3) is 1.49. The van der Waals surface area contributed by atoms with Crippen LogP contribution in [0.15, 0.2) is 0 Å². The molecule has 0 saturated heterocycles. The van der Waals surface area contributed by atoms with Crippen molar-refractivity contribution in [2.75, 3.05) is 0 Å². The second-order valence-corrected chi connectivity index (χ2v) is 6.96. The van der Waals surface area contributed by atoms with Crippen LogP contribution < -0.4 is 0 Å². The Labute approximate surface area is 113 Å². The predicted octanol–water partition coefficient (Wildman–Crippen LogP) is 2.67. The van der Waals surface area contributed by atoms with Gasteiger partial charge in [0.05, 0.1) is 16.2 Å². The molecule has 2 atom stereocenters. The number of rotatable bonds is 2. The fraction of sp³-hybridized carbons (Fsp3) is 0.846. The highest BCUT2D eigenvalue weighted by Gasteiger charge is 2.74. The van der Waals surface area contributed by atoms with Crippen molar-refractivity contribution >= 4 is 11.9 Å². The molecule has 0 spiro atoms. The average Bonchev–Trinajstić information content (AvgIpc) is 2.25. The van der Waals surface area contributed by atoms with Gasteiger partial charge in [-0.1, -0.05) is 0 Å². The Balaban J connectivity index is 2.14. The number of hydrogen-bond donors (Lipinski definition) is 2. The van der Waals surface area contributed by atoms with Crippen molar-refractivity contribution in [3.63, 3.8) is 0 Å². The first kappa shape index (κ1) is 13.7. The van der Waals surface area contributed by atoms with Gasteiger partial charge in [0.1, 0.15) is 0 Å². The third-order valence-corrected chi connectivity index (χ3v) is 5.58. The molecule has 4 saturated carbocycles. The summed E-state index contributed by atoms with van der Waals surface area (Å²) < 4.78 is 40.4. The Kier molecular flexibility index (Phi) is 2.39. The highest BCUT2D eigenvalue weighted by atomic mass is 19.4. The van der Waals surface area contributed by atoms with Gasteiger partial charge in [0, 0.05) is 0 Å². The molecule has 0 aliphatic heterocycles. The molecule has 0 aromatic rings. The van der Waals surface area contributed by atoms with Gasteiger partial charge in [0.15, 0.2) is 0 Å². The zero-order valence-electron chi connectivity index (χ0n) is 10.7. The molecular weight excluding hydrogens is 277 g/mol. The van der Waals surface area contributed by atoms with E-state index in [9.17, 15) is 33.0 Å². The molecule has 4 bridgehead atoms. The van der Waals surface area contributed by atoms with Crippen molar-refractivity contribution < 1.29 is 33.0 Å². The quantitative estimate of drug-likeness (QED) is 0.820. The molecule has 4 aliphatic rings. The molecule has 0 aromatic heterocycles. The topological polar surface area (TPSA) is 74.6 Å². The van der Waals surface area contributed by atoms with E-state index in [0.29, 0.717) is 0 Å². The monoisotopic (exact) mass is 292 g/mol. The molecule has 0 radical (unpaired) electrons. The molecule has 0 amide bonds. The first-order chi connectivity index (χ1) is 9.04. The first-order valence-electron chi connectivity index (χ1n) is 6.58. The number of halogens is 3. The summed E-state index contributed by atoms with van der Waals surface area (Å²) in [4.78, 5) is 23.1. The molecule has 4 rings (SSSR count). The second-order valence-electron chi connectivity index (χ2n) is 6.96. The van der Waals surface area contributed by atoms with E-state index in [1.807, 2.05) is 0 Å². The number of carboxylic acid groups (broad SMARTS) is 2. The van der Waals surface area contributed by atoms with E-state index in [-0.39, 0.29) is 25.7 Å². The lowest BCUT2D eigenvalue weighted by Crippen LogP contribution is -2.65.